The first kappa shape index (κ1) is 10.4. The van der Waals surface area contributed by atoms with E-state index in [1.165, 1.54) is 0 Å². The molecule has 0 fully saturated rings. The Morgan fingerprint density at radius 2 is 1.44 bits per heavy atom. The summed E-state index contributed by atoms with van der Waals surface area (Å²) in [7, 11) is 3.13. The van der Waals surface area contributed by atoms with E-state index >= 15 is 0 Å². The van der Waals surface area contributed by atoms with E-state index in [1.54, 1.807) is 20.3 Å². The van der Waals surface area contributed by atoms with Crippen LogP contribution < -0.4 is 9.47 Å². The van der Waals surface area contributed by atoms with Crippen molar-refractivity contribution in [1.82, 2.24) is 9.97 Å². The maximum atomic E-state index is 5.09. The van der Waals surface area contributed by atoms with Gasteiger partial charge in [-0.1, -0.05) is 30.3 Å². The van der Waals surface area contributed by atoms with E-state index in [2.05, 4.69) is 9.97 Å². The van der Waals surface area contributed by atoms with Gasteiger partial charge in [0.25, 0.3) is 0 Å². The first-order valence-corrected chi connectivity index (χ1v) is 4.86. The molecule has 2 rings (SSSR count). The minimum Gasteiger partial charge on any atom is -0.481 e. The van der Waals surface area contributed by atoms with Gasteiger partial charge in [-0.3, -0.25) is 0 Å². The standard InChI is InChI=1S/C12H12N2O2/c1-15-10-8-11(16-2)14-12(13-10)9-6-4-3-5-7-9/h3-8H,1-2H3. The molecule has 16 heavy (non-hydrogen) atoms. The van der Waals surface area contributed by atoms with Gasteiger partial charge in [-0.15, -0.1) is 0 Å². The lowest BCUT2D eigenvalue weighted by Crippen LogP contribution is -1.96. The average Bonchev–Trinajstić information content (AvgIpc) is 2.39. The fraction of sp³-hybridized carbons (Fsp3) is 0.167. The third kappa shape index (κ3) is 2.11. The third-order valence-electron chi connectivity index (χ3n) is 2.13. The highest BCUT2D eigenvalue weighted by molar-refractivity contribution is 5.55. The maximum absolute atomic E-state index is 5.09. The molecule has 2 aromatic rings. The summed E-state index contributed by atoms with van der Waals surface area (Å²) in [5.74, 6) is 1.58. The highest BCUT2D eigenvalue weighted by Gasteiger charge is 2.06. The molecule has 1 aromatic carbocycles. The summed E-state index contributed by atoms with van der Waals surface area (Å²) in [6.07, 6.45) is 0. The van der Waals surface area contributed by atoms with Gasteiger partial charge in [0, 0.05) is 5.56 Å². The molecular weight excluding hydrogens is 204 g/mol. The number of nitrogens with zero attached hydrogens (tertiary/aromatic N) is 2. The smallest absolute Gasteiger partial charge is 0.220 e. The molecule has 0 aliphatic rings. The predicted octanol–water partition coefficient (Wildman–Crippen LogP) is 2.16. The topological polar surface area (TPSA) is 44.2 Å². The zero-order chi connectivity index (χ0) is 11.4. The third-order valence-corrected chi connectivity index (χ3v) is 2.13. The van der Waals surface area contributed by atoms with Crippen molar-refractivity contribution in [2.45, 2.75) is 0 Å². The molecular formula is C12H12N2O2. The van der Waals surface area contributed by atoms with Gasteiger partial charge < -0.3 is 9.47 Å². The molecule has 0 spiro atoms. The molecule has 4 nitrogen and oxygen atoms in total. The Labute approximate surface area is 93.9 Å². The number of methoxy groups -OCH3 is 2. The van der Waals surface area contributed by atoms with E-state index in [1.807, 2.05) is 30.3 Å². The van der Waals surface area contributed by atoms with Crippen LogP contribution in [0.1, 0.15) is 0 Å². The van der Waals surface area contributed by atoms with Crippen LogP contribution in [0.25, 0.3) is 11.4 Å². The largest absolute Gasteiger partial charge is 0.481 e. The monoisotopic (exact) mass is 216 g/mol. The Balaban J connectivity index is 2.48. The van der Waals surface area contributed by atoms with Crippen molar-refractivity contribution in [3.63, 3.8) is 0 Å². The summed E-state index contributed by atoms with van der Waals surface area (Å²) in [5.41, 5.74) is 0.930. The Hall–Kier alpha value is -2.10. The summed E-state index contributed by atoms with van der Waals surface area (Å²) >= 11 is 0. The molecule has 0 bridgehead atoms. The summed E-state index contributed by atoms with van der Waals surface area (Å²) in [6.45, 7) is 0. The SMILES string of the molecule is COc1cc(OC)nc(-c2ccccc2)n1. The molecule has 82 valence electrons. The average molecular weight is 216 g/mol. The fourth-order valence-electron chi connectivity index (χ4n) is 1.33. The molecule has 0 saturated heterocycles. The molecule has 0 atom stereocenters. The van der Waals surface area contributed by atoms with Gasteiger partial charge >= 0.3 is 0 Å². The molecule has 0 radical (unpaired) electrons. The Morgan fingerprint density at radius 1 is 0.875 bits per heavy atom. The van der Waals surface area contributed by atoms with Gasteiger partial charge in [0.15, 0.2) is 5.82 Å². The summed E-state index contributed by atoms with van der Waals surface area (Å²) in [6, 6.07) is 11.3. The van der Waals surface area contributed by atoms with E-state index in [-0.39, 0.29) is 0 Å². The molecule has 0 N–H and O–H groups in total. The molecule has 0 unspecified atom stereocenters. The van der Waals surface area contributed by atoms with Crippen molar-refractivity contribution in [3.8, 4) is 23.1 Å². The quantitative estimate of drug-likeness (QED) is 0.788. The van der Waals surface area contributed by atoms with Gasteiger partial charge in [0.05, 0.1) is 20.3 Å². The number of aromatic nitrogens is 2. The highest BCUT2D eigenvalue weighted by atomic mass is 16.5. The van der Waals surface area contributed by atoms with Crippen LogP contribution in [0.5, 0.6) is 11.8 Å². The number of hydrogen-bond acceptors (Lipinski definition) is 4. The van der Waals surface area contributed by atoms with Gasteiger partial charge in [-0.25, -0.2) is 0 Å². The van der Waals surface area contributed by atoms with E-state index in [0.717, 1.165) is 5.56 Å². The van der Waals surface area contributed by atoms with E-state index < -0.39 is 0 Å². The number of benzene rings is 1. The Kier molecular flexibility index (Phi) is 3.00. The van der Waals surface area contributed by atoms with E-state index in [4.69, 9.17) is 9.47 Å². The number of ether oxygens (including phenoxy) is 2. The minimum absolute atomic E-state index is 0.491. The Bertz CT molecular complexity index is 449. The van der Waals surface area contributed by atoms with E-state index in [0.29, 0.717) is 17.6 Å². The van der Waals surface area contributed by atoms with Crippen LogP contribution in [-0.2, 0) is 0 Å². The zero-order valence-corrected chi connectivity index (χ0v) is 9.18. The number of hydrogen-bond donors (Lipinski definition) is 0. The maximum Gasteiger partial charge on any atom is 0.220 e. The second-order valence-electron chi connectivity index (χ2n) is 3.14. The minimum atomic E-state index is 0.491. The molecule has 1 heterocycles. The van der Waals surface area contributed by atoms with Crippen LogP contribution >= 0.6 is 0 Å². The lowest BCUT2D eigenvalue weighted by molar-refractivity contribution is 0.372. The van der Waals surface area contributed by atoms with Crippen LogP contribution in [0, 0.1) is 0 Å². The second-order valence-corrected chi connectivity index (χ2v) is 3.14. The molecule has 0 amide bonds. The van der Waals surface area contributed by atoms with Crippen molar-refractivity contribution in [3.05, 3.63) is 36.4 Å². The van der Waals surface area contributed by atoms with Crippen molar-refractivity contribution >= 4 is 0 Å². The van der Waals surface area contributed by atoms with Crippen molar-refractivity contribution < 1.29 is 9.47 Å². The fourth-order valence-corrected chi connectivity index (χ4v) is 1.33. The van der Waals surface area contributed by atoms with Crippen LogP contribution in [0.15, 0.2) is 36.4 Å². The predicted molar refractivity (Wildman–Crippen MR) is 60.6 cm³/mol. The Morgan fingerprint density at radius 3 is 1.94 bits per heavy atom. The summed E-state index contributed by atoms with van der Waals surface area (Å²) < 4.78 is 10.2. The highest BCUT2D eigenvalue weighted by Crippen LogP contribution is 2.21. The van der Waals surface area contributed by atoms with Crippen molar-refractivity contribution in [2.75, 3.05) is 14.2 Å². The molecule has 0 saturated carbocycles. The molecule has 0 aliphatic carbocycles. The lowest BCUT2D eigenvalue weighted by atomic mass is 10.2. The van der Waals surface area contributed by atoms with Crippen LogP contribution in [0.3, 0.4) is 0 Å². The molecule has 0 aliphatic heterocycles. The lowest BCUT2D eigenvalue weighted by Gasteiger charge is -2.05. The van der Waals surface area contributed by atoms with Gasteiger partial charge in [0.2, 0.25) is 11.8 Å². The first-order chi connectivity index (χ1) is 7.83. The van der Waals surface area contributed by atoms with Crippen LogP contribution in [-0.4, -0.2) is 24.2 Å². The van der Waals surface area contributed by atoms with E-state index in [9.17, 15) is 0 Å². The van der Waals surface area contributed by atoms with Gasteiger partial charge in [0.1, 0.15) is 0 Å². The normalized spacial score (nSPS) is 9.88. The van der Waals surface area contributed by atoms with Crippen LogP contribution in [0.4, 0.5) is 0 Å². The van der Waals surface area contributed by atoms with Gasteiger partial charge in [-0.2, -0.15) is 9.97 Å². The van der Waals surface area contributed by atoms with Crippen molar-refractivity contribution in [2.24, 2.45) is 0 Å². The van der Waals surface area contributed by atoms with Crippen LogP contribution in [0.2, 0.25) is 0 Å². The zero-order valence-electron chi connectivity index (χ0n) is 9.18. The second kappa shape index (κ2) is 4.61. The van der Waals surface area contributed by atoms with Gasteiger partial charge in [-0.05, 0) is 0 Å². The first-order valence-electron chi connectivity index (χ1n) is 4.86. The molecule has 4 heteroatoms. The summed E-state index contributed by atoms with van der Waals surface area (Å²) in [4.78, 5) is 8.51. The summed E-state index contributed by atoms with van der Waals surface area (Å²) in [5, 5.41) is 0. The number of rotatable bonds is 3. The molecule has 1 aromatic heterocycles. The van der Waals surface area contributed by atoms with Crippen molar-refractivity contribution in [1.29, 1.82) is 0 Å².